The fourth-order valence-corrected chi connectivity index (χ4v) is 5.03. The summed E-state index contributed by atoms with van der Waals surface area (Å²) in [6, 6.07) is 14.8. The summed E-state index contributed by atoms with van der Waals surface area (Å²) in [5.41, 5.74) is 3.44. The third kappa shape index (κ3) is 3.99. The van der Waals surface area contributed by atoms with Crippen molar-refractivity contribution in [2.24, 2.45) is 17.8 Å². The molecule has 1 saturated carbocycles. The van der Waals surface area contributed by atoms with Gasteiger partial charge in [0.25, 0.3) is 0 Å². The van der Waals surface area contributed by atoms with Crippen molar-refractivity contribution in [1.82, 2.24) is 9.88 Å². The fraction of sp³-hybridized carbons (Fsp3) is 0.391. The van der Waals surface area contributed by atoms with Crippen LogP contribution >= 0.6 is 0 Å². The van der Waals surface area contributed by atoms with Gasteiger partial charge in [0.1, 0.15) is 5.75 Å². The van der Waals surface area contributed by atoms with Crippen LogP contribution in [0.4, 0.5) is 13.2 Å². The van der Waals surface area contributed by atoms with Gasteiger partial charge in [0.15, 0.2) is 0 Å². The van der Waals surface area contributed by atoms with Crippen molar-refractivity contribution in [3.63, 3.8) is 0 Å². The first-order valence-corrected chi connectivity index (χ1v) is 10.1. The molecule has 1 N–H and O–H groups in total. The molecule has 29 heavy (non-hydrogen) atoms. The highest BCUT2D eigenvalue weighted by atomic mass is 19.4. The van der Waals surface area contributed by atoms with Gasteiger partial charge in [0.2, 0.25) is 0 Å². The van der Waals surface area contributed by atoms with Gasteiger partial charge in [-0.15, -0.1) is 13.2 Å². The molecule has 0 radical (unpaired) electrons. The molecule has 0 spiro atoms. The van der Waals surface area contributed by atoms with Crippen molar-refractivity contribution < 1.29 is 17.9 Å². The average Bonchev–Trinajstić information content (AvgIpc) is 3.01. The number of para-hydroxylation sites is 1. The maximum atomic E-state index is 12.4. The zero-order chi connectivity index (χ0) is 20.0. The highest BCUT2D eigenvalue weighted by Gasteiger charge is 2.54. The number of H-pyrrole nitrogens is 1. The van der Waals surface area contributed by atoms with Crippen LogP contribution in [0.1, 0.15) is 17.5 Å². The van der Waals surface area contributed by atoms with Crippen LogP contribution in [0, 0.1) is 17.8 Å². The van der Waals surface area contributed by atoms with E-state index in [2.05, 4.69) is 39.0 Å². The van der Waals surface area contributed by atoms with Crippen LogP contribution in [-0.2, 0) is 13.0 Å². The van der Waals surface area contributed by atoms with E-state index in [1.165, 1.54) is 28.6 Å². The molecule has 1 aliphatic heterocycles. The Hall–Kier alpha value is -2.47. The summed E-state index contributed by atoms with van der Waals surface area (Å²) >= 11 is 0. The van der Waals surface area contributed by atoms with Crippen molar-refractivity contribution in [3.8, 4) is 5.75 Å². The van der Waals surface area contributed by atoms with Gasteiger partial charge in [0, 0.05) is 36.7 Å². The lowest BCUT2D eigenvalue weighted by molar-refractivity contribution is -0.274. The molecule has 1 aliphatic carbocycles. The average molecular weight is 400 g/mol. The number of aromatic nitrogens is 1. The fourth-order valence-electron chi connectivity index (χ4n) is 5.03. The van der Waals surface area contributed by atoms with Crippen LogP contribution in [0.3, 0.4) is 0 Å². The summed E-state index contributed by atoms with van der Waals surface area (Å²) in [6.45, 7) is 3.21. The number of hydrogen-bond acceptors (Lipinski definition) is 2. The molecule has 3 nitrogen and oxygen atoms in total. The van der Waals surface area contributed by atoms with Crippen LogP contribution < -0.4 is 4.74 Å². The first kappa shape index (κ1) is 18.6. The summed E-state index contributed by atoms with van der Waals surface area (Å²) in [5, 5.41) is 1.30. The first-order chi connectivity index (χ1) is 14.0. The zero-order valence-electron chi connectivity index (χ0n) is 16.0. The lowest BCUT2D eigenvalue weighted by Gasteiger charge is -2.19. The molecule has 2 atom stereocenters. The number of fused-ring (bicyclic) bond motifs is 2. The maximum absolute atomic E-state index is 12.4. The van der Waals surface area contributed by atoms with E-state index in [0.717, 1.165) is 49.9 Å². The number of ether oxygens (including phenoxy) is 1. The highest BCUT2D eigenvalue weighted by Crippen LogP contribution is 2.54. The number of aryl methyl sites for hydroxylation is 1. The number of nitrogens with one attached hydrogen (secondary N) is 1. The van der Waals surface area contributed by atoms with E-state index < -0.39 is 6.36 Å². The van der Waals surface area contributed by atoms with Crippen LogP contribution in [0.2, 0.25) is 0 Å². The molecule has 6 heteroatoms. The number of piperidine rings is 1. The molecular formula is C23H23F3N2O. The van der Waals surface area contributed by atoms with Crippen molar-refractivity contribution in [2.75, 3.05) is 13.1 Å². The summed E-state index contributed by atoms with van der Waals surface area (Å²) in [4.78, 5) is 5.87. The Kier molecular flexibility index (Phi) is 4.54. The Morgan fingerprint density at radius 2 is 1.83 bits per heavy atom. The second kappa shape index (κ2) is 7.10. The minimum atomic E-state index is -4.64. The van der Waals surface area contributed by atoms with Gasteiger partial charge in [-0.2, -0.15) is 0 Å². The Morgan fingerprint density at radius 3 is 2.62 bits per heavy atom. The standard InChI is InChI=1S/C23H23F3N2O/c24-23(25,26)29-17-5-3-4-15(10-17)8-9-19-20-13-28(14-21(19)20)12-16-11-27-22-7-2-1-6-18(16)22/h1-7,10-11,19-21,27H,8-9,12-14H2. The van der Waals surface area contributed by atoms with Gasteiger partial charge in [-0.3, -0.25) is 4.90 Å². The molecule has 1 saturated heterocycles. The smallest absolute Gasteiger partial charge is 0.406 e. The SMILES string of the molecule is FC(F)(F)Oc1cccc(CCC2C3CN(Cc4c[nH]c5ccccc45)CC23)c1. The third-order valence-electron chi connectivity index (χ3n) is 6.41. The molecule has 3 aromatic rings. The minimum Gasteiger partial charge on any atom is -0.406 e. The lowest BCUT2D eigenvalue weighted by atomic mass is 10.0. The Bertz CT molecular complexity index is 1000. The van der Waals surface area contributed by atoms with Gasteiger partial charge >= 0.3 is 6.36 Å². The van der Waals surface area contributed by atoms with Crippen molar-refractivity contribution in [1.29, 1.82) is 0 Å². The molecular weight excluding hydrogens is 377 g/mol. The van der Waals surface area contributed by atoms with E-state index in [4.69, 9.17) is 0 Å². The Balaban J connectivity index is 1.12. The van der Waals surface area contributed by atoms with Crippen LogP contribution in [0.25, 0.3) is 10.9 Å². The number of hydrogen-bond donors (Lipinski definition) is 1. The molecule has 2 heterocycles. The van der Waals surface area contributed by atoms with E-state index in [1.54, 1.807) is 6.07 Å². The van der Waals surface area contributed by atoms with E-state index in [1.807, 2.05) is 12.1 Å². The molecule has 2 unspecified atom stereocenters. The molecule has 0 bridgehead atoms. The summed E-state index contributed by atoms with van der Waals surface area (Å²) in [7, 11) is 0. The van der Waals surface area contributed by atoms with Crippen LogP contribution in [-0.4, -0.2) is 29.3 Å². The van der Waals surface area contributed by atoms with Gasteiger partial charge in [-0.25, -0.2) is 0 Å². The zero-order valence-corrected chi connectivity index (χ0v) is 16.0. The van der Waals surface area contributed by atoms with Gasteiger partial charge in [-0.1, -0.05) is 30.3 Å². The second-order valence-electron chi connectivity index (χ2n) is 8.28. The summed E-state index contributed by atoms with van der Waals surface area (Å²) in [6.07, 6.45) is -0.691. The number of nitrogens with zero attached hydrogens (tertiary/aromatic N) is 1. The minimum absolute atomic E-state index is 0.129. The molecule has 2 aliphatic rings. The van der Waals surface area contributed by atoms with Gasteiger partial charge < -0.3 is 9.72 Å². The topological polar surface area (TPSA) is 28.3 Å². The number of likely N-dealkylation sites (tertiary alicyclic amines) is 1. The largest absolute Gasteiger partial charge is 0.573 e. The van der Waals surface area contributed by atoms with E-state index in [0.29, 0.717) is 5.92 Å². The molecule has 1 aromatic heterocycles. The van der Waals surface area contributed by atoms with Gasteiger partial charge in [0.05, 0.1) is 0 Å². The molecule has 2 fully saturated rings. The van der Waals surface area contributed by atoms with Crippen LogP contribution in [0.5, 0.6) is 5.75 Å². The third-order valence-corrected chi connectivity index (χ3v) is 6.41. The van der Waals surface area contributed by atoms with E-state index in [-0.39, 0.29) is 5.75 Å². The van der Waals surface area contributed by atoms with E-state index in [9.17, 15) is 13.2 Å². The predicted octanol–water partition coefficient (Wildman–Crippen LogP) is 5.38. The Morgan fingerprint density at radius 1 is 1.03 bits per heavy atom. The quantitative estimate of drug-likeness (QED) is 0.602. The first-order valence-electron chi connectivity index (χ1n) is 10.1. The van der Waals surface area contributed by atoms with E-state index >= 15 is 0 Å². The number of benzene rings is 2. The lowest BCUT2D eigenvalue weighted by Crippen LogP contribution is -2.24. The van der Waals surface area contributed by atoms with Crippen LogP contribution in [0.15, 0.2) is 54.7 Å². The summed E-state index contributed by atoms with van der Waals surface area (Å²) < 4.78 is 41.2. The Labute approximate surface area is 167 Å². The molecule has 2 aromatic carbocycles. The number of halogens is 3. The van der Waals surface area contributed by atoms with Crippen molar-refractivity contribution in [2.45, 2.75) is 25.7 Å². The molecule has 5 rings (SSSR count). The van der Waals surface area contributed by atoms with Gasteiger partial charge in [-0.05, 0) is 59.9 Å². The highest BCUT2D eigenvalue weighted by molar-refractivity contribution is 5.82. The molecule has 152 valence electrons. The summed E-state index contributed by atoms with van der Waals surface area (Å²) in [5.74, 6) is 2.03. The predicted molar refractivity (Wildman–Crippen MR) is 105 cm³/mol. The number of alkyl halides is 3. The number of aromatic amines is 1. The monoisotopic (exact) mass is 400 g/mol. The molecule has 0 amide bonds. The number of rotatable bonds is 6. The normalized spacial score (nSPS) is 24.0. The maximum Gasteiger partial charge on any atom is 0.573 e. The van der Waals surface area contributed by atoms with Crippen molar-refractivity contribution in [3.05, 3.63) is 65.9 Å². The second-order valence-corrected chi connectivity index (χ2v) is 8.28. The van der Waals surface area contributed by atoms with Crippen molar-refractivity contribution >= 4 is 10.9 Å².